The van der Waals surface area contributed by atoms with Gasteiger partial charge in [-0.1, -0.05) is 92.2 Å². The number of carbonyl (C=O) groups is 2. The molecule has 4 aromatic rings. The van der Waals surface area contributed by atoms with Gasteiger partial charge in [-0.25, -0.2) is 12.8 Å². The van der Waals surface area contributed by atoms with Gasteiger partial charge >= 0.3 is 0 Å². The second-order valence-corrected chi connectivity index (χ2v) is 13.0. The molecule has 0 radical (unpaired) electrons. The van der Waals surface area contributed by atoms with Crippen LogP contribution in [0.2, 0.25) is 0 Å². The third kappa shape index (κ3) is 8.54. The number of carbonyl (C=O) groups excluding carboxylic acids is 2. The highest BCUT2D eigenvalue weighted by Gasteiger charge is 2.34. The molecular weight excluding hydrogens is 577 g/mol. The van der Waals surface area contributed by atoms with E-state index < -0.39 is 34.3 Å². The zero-order valence-corrected chi connectivity index (χ0v) is 26.0. The van der Waals surface area contributed by atoms with E-state index in [4.69, 9.17) is 0 Å². The number of nitrogens with one attached hydrogen (secondary N) is 1. The van der Waals surface area contributed by atoms with E-state index in [1.165, 1.54) is 29.2 Å². The number of anilines is 1. The molecule has 1 N–H and O–H groups in total. The van der Waals surface area contributed by atoms with E-state index in [2.05, 4.69) is 5.32 Å². The van der Waals surface area contributed by atoms with Gasteiger partial charge in [-0.2, -0.15) is 0 Å². The number of rotatable bonds is 13. The van der Waals surface area contributed by atoms with Crippen LogP contribution >= 0.6 is 0 Å². The van der Waals surface area contributed by atoms with Crippen molar-refractivity contribution in [2.45, 2.75) is 44.7 Å². The number of halogens is 1. The average Bonchev–Trinajstić information content (AvgIpc) is 3.02. The quantitative estimate of drug-likeness (QED) is 0.208. The van der Waals surface area contributed by atoms with Gasteiger partial charge in [0.2, 0.25) is 11.8 Å². The van der Waals surface area contributed by atoms with Crippen LogP contribution in [0.3, 0.4) is 0 Å². The van der Waals surface area contributed by atoms with Crippen LogP contribution in [0.1, 0.15) is 30.5 Å². The minimum absolute atomic E-state index is 0.0160. The smallest absolute Gasteiger partial charge is 0.264 e. The SMILES string of the molecule is Cc1ccc(CN(C(=O)CN(c2ccc(F)cc2)S(=O)(=O)c2ccccc2)C(Cc2ccccc2)C(=O)NCC(C)C)cc1. The first-order valence-corrected chi connectivity index (χ1v) is 16.0. The Bertz CT molecular complexity index is 1630. The summed E-state index contributed by atoms with van der Waals surface area (Å²) in [6.45, 7) is 5.82. The largest absolute Gasteiger partial charge is 0.354 e. The molecule has 0 saturated heterocycles. The lowest BCUT2D eigenvalue weighted by atomic mass is 10.0. The molecule has 44 heavy (non-hydrogen) atoms. The maximum atomic E-state index is 14.4. The van der Waals surface area contributed by atoms with Crippen molar-refractivity contribution >= 4 is 27.5 Å². The molecule has 0 aliphatic carbocycles. The molecule has 9 heteroatoms. The van der Waals surface area contributed by atoms with Crippen LogP contribution in [0, 0.1) is 18.7 Å². The van der Waals surface area contributed by atoms with Gasteiger partial charge in [0.15, 0.2) is 0 Å². The predicted molar refractivity (Wildman–Crippen MR) is 171 cm³/mol. The van der Waals surface area contributed by atoms with Gasteiger partial charge in [0.1, 0.15) is 18.4 Å². The van der Waals surface area contributed by atoms with Crippen molar-refractivity contribution in [3.8, 4) is 0 Å². The Kier molecular flexibility index (Phi) is 10.9. The Labute approximate surface area is 259 Å². The van der Waals surface area contributed by atoms with E-state index in [-0.39, 0.29) is 35.4 Å². The zero-order chi connectivity index (χ0) is 31.7. The lowest BCUT2D eigenvalue weighted by Crippen LogP contribution is -2.53. The Balaban J connectivity index is 1.78. The number of hydrogen-bond donors (Lipinski definition) is 1. The predicted octanol–water partition coefficient (Wildman–Crippen LogP) is 5.74. The third-order valence-electron chi connectivity index (χ3n) is 7.15. The zero-order valence-electron chi connectivity index (χ0n) is 25.2. The summed E-state index contributed by atoms with van der Waals surface area (Å²) in [4.78, 5) is 29.6. The van der Waals surface area contributed by atoms with Gasteiger partial charge in [-0.15, -0.1) is 0 Å². The monoisotopic (exact) mass is 615 g/mol. The van der Waals surface area contributed by atoms with Gasteiger partial charge in [-0.05, 0) is 60.4 Å². The van der Waals surface area contributed by atoms with Gasteiger partial charge in [0.25, 0.3) is 10.0 Å². The number of nitrogens with zero attached hydrogens (tertiary/aromatic N) is 2. The normalized spacial score (nSPS) is 12.0. The Morgan fingerprint density at radius 1 is 0.795 bits per heavy atom. The average molecular weight is 616 g/mol. The van der Waals surface area contributed by atoms with Crippen LogP contribution in [0.15, 0.2) is 114 Å². The first-order valence-electron chi connectivity index (χ1n) is 14.5. The van der Waals surface area contributed by atoms with E-state index in [0.717, 1.165) is 33.1 Å². The second kappa shape index (κ2) is 14.8. The fraction of sp³-hybridized carbons (Fsp3) is 0.257. The van der Waals surface area contributed by atoms with Crippen molar-refractivity contribution < 1.29 is 22.4 Å². The standard InChI is InChI=1S/C35H38FN3O4S/c1-26(2)23-37-35(41)33(22-28-10-6-4-7-11-28)38(24-29-16-14-27(3)15-17-29)34(40)25-39(31-20-18-30(36)19-21-31)44(42,43)32-12-8-5-9-13-32/h4-21,26,33H,22-25H2,1-3H3,(H,37,41). The number of hydrogen-bond acceptors (Lipinski definition) is 4. The van der Waals surface area contributed by atoms with E-state index in [1.807, 2.05) is 75.4 Å². The van der Waals surface area contributed by atoms with Crippen LogP contribution in [-0.2, 0) is 32.6 Å². The van der Waals surface area contributed by atoms with E-state index >= 15 is 0 Å². The Hall–Kier alpha value is -4.50. The molecule has 0 saturated carbocycles. The molecular formula is C35H38FN3O4S. The van der Waals surface area contributed by atoms with Crippen molar-refractivity contribution in [2.24, 2.45) is 5.92 Å². The van der Waals surface area contributed by atoms with Crippen molar-refractivity contribution in [3.05, 3.63) is 132 Å². The van der Waals surface area contributed by atoms with Crippen molar-refractivity contribution in [2.75, 3.05) is 17.4 Å². The maximum Gasteiger partial charge on any atom is 0.264 e. The molecule has 0 spiro atoms. The van der Waals surface area contributed by atoms with Crippen molar-refractivity contribution in [3.63, 3.8) is 0 Å². The minimum atomic E-state index is -4.24. The highest BCUT2D eigenvalue weighted by Crippen LogP contribution is 2.25. The summed E-state index contributed by atoms with van der Waals surface area (Å²) < 4.78 is 42.7. The Morgan fingerprint density at radius 2 is 1.39 bits per heavy atom. The fourth-order valence-corrected chi connectivity index (χ4v) is 6.16. The summed E-state index contributed by atoms with van der Waals surface area (Å²) >= 11 is 0. The molecule has 0 fully saturated rings. The summed E-state index contributed by atoms with van der Waals surface area (Å²) in [5.41, 5.74) is 2.81. The summed E-state index contributed by atoms with van der Waals surface area (Å²) in [5, 5.41) is 2.97. The van der Waals surface area contributed by atoms with Crippen molar-refractivity contribution in [1.82, 2.24) is 10.2 Å². The molecule has 0 aliphatic heterocycles. The summed E-state index contributed by atoms with van der Waals surface area (Å²) in [5.74, 6) is -1.26. The Morgan fingerprint density at radius 3 is 1.98 bits per heavy atom. The highest BCUT2D eigenvalue weighted by atomic mass is 32.2. The molecule has 0 heterocycles. The lowest BCUT2D eigenvalue weighted by molar-refractivity contribution is -0.140. The molecule has 7 nitrogen and oxygen atoms in total. The number of benzene rings is 4. The van der Waals surface area contributed by atoms with Crippen LogP contribution in [0.4, 0.5) is 10.1 Å². The van der Waals surface area contributed by atoms with E-state index in [1.54, 1.807) is 18.2 Å². The number of amides is 2. The number of aryl methyl sites for hydroxylation is 1. The van der Waals surface area contributed by atoms with Crippen LogP contribution in [0.25, 0.3) is 0 Å². The molecule has 1 unspecified atom stereocenters. The second-order valence-electron chi connectivity index (χ2n) is 11.2. The van der Waals surface area contributed by atoms with E-state index in [0.29, 0.717) is 6.54 Å². The first kappa shape index (κ1) is 32.4. The van der Waals surface area contributed by atoms with Crippen LogP contribution < -0.4 is 9.62 Å². The van der Waals surface area contributed by atoms with Crippen molar-refractivity contribution in [1.29, 1.82) is 0 Å². The third-order valence-corrected chi connectivity index (χ3v) is 8.94. The molecule has 0 bridgehead atoms. The number of sulfonamides is 1. The van der Waals surface area contributed by atoms with Gasteiger partial charge in [0.05, 0.1) is 10.6 Å². The maximum absolute atomic E-state index is 14.4. The van der Waals surface area contributed by atoms with Crippen LogP contribution in [0.5, 0.6) is 0 Å². The van der Waals surface area contributed by atoms with Gasteiger partial charge < -0.3 is 10.2 Å². The topological polar surface area (TPSA) is 86.8 Å². The molecule has 4 rings (SSSR count). The summed E-state index contributed by atoms with van der Waals surface area (Å²) in [6.07, 6.45) is 0.227. The molecule has 0 aliphatic rings. The first-order chi connectivity index (χ1) is 21.0. The van der Waals surface area contributed by atoms with Gasteiger partial charge in [0, 0.05) is 19.5 Å². The molecule has 2 amide bonds. The van der Waals surface area contributed by atoms with Crippen LogP contribution in [-0.4, -0.2) is 44.3 Å². The summed E-state index contributed by atoms with van der Waals surface area (Å²) in [7, 11) is -4.24. The lowest BCUT2D eigenvalue weighted by Gasteiger charge is -2.34. The highest BCUT2D eigenvalue weighted by molar-refractivity contribution is 7.92. The van der Waals surface area contributed by atoms with E-state index in [9.17, 15) is 22.4 Å². The fourth-order valence-electron chi connectivity index (χ4n) is 4.72. The molecule has 230 valence electrons. The summed E-state index contributed by atoms with van der Waals surface area (Å²) in [6, 6.07) is 28.8. The molecule has 1 atom stereocenters. The molecule has 4 aromatic carbocycles. The molecule has 0 aromatic heterocycles. The van der Waals surface area contributed by atoms with Gasteiger partial charge in [-0.3, -0.25) is 13.9 Å². The minimum Gasteiger partial charge on any atom is -0.354 e.